The van der Waals surface area contributed by atoms with Crippen molar-refractivity contribution >= 4 is 36.7 Å². The highest BCUT2D eigenvalue weighted by atomic mass is 32.2. The molecule has 1 aromatic carbocycles. The summed E-state index contributed by atoms with van der Waals surface area (Å²) >= 11 is 1.64. The van der Waals surface area contributed by atoms with Crippen LogP contribution in [0.5, 0.6) is 5.75 Å². The molecule has 1 saturated heterocycles. The molecule has 0 atom stereocenters. The van der Waals surface area contributed by atoms with E-state index in [4.69, 9.17) is 9.72 Å². The van der Waals surface area contributed by atoms with Gasteiger partial charge in [-0.3, -0.25) is 0 Å². The first-order valence-electron chi connectivity index (χ1n) is 8.36. The number of hydrogen-bond donors (Lipinski definition) is 0. The molecule has 0 unspecified atom stereocenters. The quantitative estimate of drug-likeness (QED) is 0.811. The molecule has 2 fully saturated rings. The van der Waals surface area contributed by atoms with Gasteiger partial charge in [-0.2, -0.15) is 4.31 Å². The number of rotatable bonds is 5. The number of thiazole rings is 1. The van der Waals surface area contributed by atoms with Crippen LogP contribution in [0, 0.1) is 0 Å². The van der Waals surface area contributed by atoms with Crippen LogP contribution in [0.1, 0.15) is 19.8 Å². The first-order chi connectivity index (χ1) is 11.6. The van der Waals surface area contributed by atoms with Crippen molar-refractivity contribution in [2.24, 2.45) is 0 Å². The summed E-state index contributed by atoms with van der Waals surface area (Å²) in [6, 6.07) is 5.97. The molecule has 2 heterocycles. The van der Waals surface area contributed by atoms with Gasteiger partial charge in [0.05, 0.1) is 16.6 Å². The summed E-state index contributed by atoms with van der Waals surface area (Å²) < 4.78 is 33.1. The van der Waals surface area contributed by atoms with Gasteiger partial charge in [-0.25, -0.2) is 13.4 Å². The van der Waals surface area contributed by atoms with Crippen molar-refractivity contribution in [3.8, 4) is 5.75 Å². The molecule has 4 rings (SSSR count). The van der Waals surface area contributed by atoms with E-state index in [9.17, 15) is 8.42 Å². The van der Waals surface area contributed by atoms with Crippen LogP contribution in [0.2, 0.25) is 0 Å². The third-order valence-corrected chi connectivity index (χ3v) is 7.97. The van der Waals surface area contributed by atoms with E-state index in [-0.39, 0.29) is 5.25 Å². The van der Waals surface area contributed by atoms with Crippen LogP contribution in [-0.4, -0.2) is 55.7 Å². The van der Waals surface area contributed by atoms with E-state index in [1.165, 1.54) is 0 Å². The minimum absolute atomic E-state index is 0.125. The fraction of sp³-hybridized carbons (Fsp3) is 0.562. The van der Waals surface area contributed by atoms with Gasteiger partial charge >= 0.3 is 0 Å². The molecule has 0 bridgehead atoms. The van der Waals surface area contributed by atoms with Crippen molar-refractivity contribution in [1.29, 1.82) is 0 Å². The van der Waals surface area contributed by atoms with Crippen LogP contribution < -0.4 is 9.64 Å². The van der Waals surface area contributed by atoms with Crippen LogP contribution in [0.25, 0.3) is 10.2 Å². The van der Waals surface area contributed by atoms with Gasteiger partial charge in [0.15, 0.2) is 5.13 Å². The Balaban J connectivity index is 1.51. The second-order valence-electron chi connectivity index (χ2n) is 6.16. The SMILES string of the molecule is CCOc1cccc2sc(N3CCN(S(=O)(=O)C4CC4)CC3)nc12. The second-order valence-corrected chi connectivity index (χ2v) is 9.38. The molecule has 2 aromatic rings. The summed E-state index contributed by atoms with van der Waals surface area (Å²) in [6.45, 7) is 5.06. The van der Waals surface area contributed by atoms with Gasteiger partial charge in [0.2, 0.25) is 10.0 Å². The molecule has 1 aliphatic carbocycles. The highest BCUT2D eigenvalue weighted by molar-refractivity contribution is 7.90. The third-order valence-electron chi connectivity index (χ3n) is 4.49. The third kappa shape index (κ3) is 2.87. The standard InChI is InChI=1S/C16H21N3O3S2/c1-2-22-13-4-3-5-14-15(13)17-16(23-14)18-8-10-19(11-9-18)24(20,21)12-6-7-12/h3-5,12H,2,6-11H2,1H3. The average molecular weight is 367 g/mol. The van der Waals surface area contributed by atoms with Gasteiger partial charge in [-0.15, -0.1) is 0 Å². The number of piperazine rings is 1. The molecule has 1 saturated carbocycles. The van der Waals surface area contributed by atoms with E-state index < -0.39 is 10.0 Å². The molecule has 0 radical (unpaired) electrons. The number of ether oxygens (including phenoxy) is 1. The van der Waals surface area contributed by atoms with Crippen molar-refractivity contribution in [3.63, 3.8) is 0 Å². The zero-order chi connectivity index (χ0) is 16.7. The number of hydrogen-bond acceptors (Lipinski definition) is 6. The lowest BCUT2D eigenvalue weighted by atomic mass is 10.3. The second kappa shape index (κ2) is 6.16. The normalized spacial score (nSPS) is 19.8. The summed E-state index contributed by atoms with van der Waals surface area (Å²) in [5, 5.41) is 0.820. The average Bonchev–Trinajstić information content (AvgIpc) is 3.36. The largest absolute Gasteiger partial charge is 0.492 e. The minimum atomic E-state index is -3.06. The number of anilines is 1. The van der Waals surface area contributed by atoms with E-state index >= 15 is 0 Å². The van der Waals surface area contributed by atoms with Gasteiger partial charge < -0.3 is 9.64 Å². The number of para-hydroxylation sites is 1. The molecule has 2 aliphatic rings. The first kappa shape index (κ1) is 16.1. The molecule has 0 N–H and O–H groups in total. The maximum atomic E-state index is 12.3. The topological polar surface area (TPSA) is 62.7 Å². The van der Waals surface area contributed by atoms with Gasteiger partial charge in [0, 0.05) is 26.2 Å². The minimum Gasteiger partial charge on any atom is -0.492 e. The van der Waals surface area contributed by atoms with Crippen LogP contribution in [0.4, 0.5) is 5.13 Å². The van der Waals surface area contributed by atoms with Crippen LogP contribution in [0.3, 0.4) is 0 Å². The van der Waals surface area contributed by atoms with E-state index in [1.54, 1.807) is 15.6 Å². The summed E-state index contributed by atoms with van der Waals surface area (Å²) in [5.74, 6) is 0.812. The maximum absolute atomic E-state index is 12.3. The van der Waals surface area contributed by atoms with Gasteiger partial charge in [-0.1, -0.05) is 17.4 Å². The Kier molecular flexibility index (Phi) is 4.14. The Morgan fingerprint density at radius 2 is 2.00 bits per heavy atom. The monoisotopic (exact) mass is 367 g/mol. The van der Waals surface area contributed by atoms with Crippen molar-refractivity contribution < 1.29 is 13.2 Å². The van der Waals surface area contributed by atoms with E-state index in [2.05, 4.69) is 4.90 Å². The van der Waals surface area contributed by atoms with Crippen LogP contribution in [-0.2, 0) is 10.0 Å². The Labute approximate surface area is 146 Å². The van der Waals surface area contributed by atoms with E-state index in [0.717, 1.165) is 33.9 Å². The van der Waals surface area contributed by atoms with E-state index in [1.807, 2.05) is 25.1 Å². The Bertz CT molecular complexity index is 837. The summed E-state index contributed by atoms with van der Waals surface area (Å²) in [6.07, 6.45) is 1.64. The number of fused-ring (bicyclic) bond motifs is 1. The van der Waals surface area contributed by atoms with E-state index in [0.29, 0.717) is 32.8 Å². The number of sulfonamides is 1. The van der Waals surface area contributed by atoms with Crippen molar-refractivity contribution in [2.75, 3.05) is 37.7 Å². The molecule has 0 amide bonds. The number of benzene rings is 1. The van der Waals surface area contributed by atoms with Gasteiger partial charge in [0.25, 0.3) is 0 Å². The van der Waals surface area contributed by atoms with Crippen LogP contribution >= 0.6 is 11.3 Å². The molecule has 6 nitrogen and oxygen atoms in total. The maximum Gasteiger partial charge on any atom is 0.217 e. The molecule has 130 valence electrons. The molecule has 0 spiro atoms. The highest BCUT2D eigenvalue weighted by Crippen LogP contribution is 2.35. The first-order valence-corrected chi connectivity index (χ1v) is 10.7. The zero-order valence-electron chi connectivity index (χ0n) is 13.6. The number of aromatic nitrogens is 1. The van der Waals surface area contributed by atoms with Gasteiger partial charge in [0.1, 0.15) is 11.3 Å². The van der Waals surface area contributed by atoms with Crippen molar-refractivity contribution in [1.82, 2.24) is 9.29 Å². The fourth-order valence-corrected chi connectivity index (χ4v) is 5.89. The molecular formula is C16H21N3O3S2. The molecule has 1 aromatic heterocycles. The predicted octanol–water partition coefficient (Wildman–Crippen LogP) is 2.31. The fourth-order valence-electron chi connectivity index (χ4n) is 3.03. The predicted molar refractivity (Wildman–Crippen MR) is 96.5 cm³/mol. The van der Waals surface area contributed by atoms with Crippen molar-refractivity contribution in [3.05, 3.63) is 18.2 Å². The Morgan fingerprint density at radius 1 is 1.25 bits per heavy atom. The molecular weight excluding hydrogens is 346 g/mol. The number of nitrogens with zero attached hydrogens (tertiary/aromatic N) is 3. The highest BCUT2D eigenvalue weighted by Gasteiger charge is 2.41. The molecule has 1 aliphatic heterocycles. The summed E-state index contributed by atoms with van der Waals surface area (Å²) in [7, 11) is -3.06. The summed E-state index contributed by atoms with van der Waals surface area (Å²) in [4.78, 5) is 6.92. The van der Waals surface area contributed by atoms with Gasteiger partial charge in [-0.05, 0) is 31.9 Å². The summed E-state index contributed by atoms with van der Waals surface area (Å²) in [5.41, 5.74) is 0.896. The van der Waals surface area contributed by atoms with Crippen molar-refractivity contribution in [2.45, 2.75) is 25.0 Å². The Hall–Kier alpha value is -1.38. The molecule has 24 heavy (non-hydrogen) atoms. The zero-order valence-corrected chi connectivity index (χ0v) is 15.3. The lowest BCUT2D eigenvalue weighted by Crippen LogP contribution is -2.49. The smallest absolute Gasteiger partial charge is 0.217 e. The lowest BCUT2D eigenvalue weighted by Gasteiger charge is -2.33. The van der Waals surface area contributed by atoms with Crippen LogP contribution in [0.15, 0.2) is 18.2 Å². The Morgan fingerprint density at radius 3 is 2.67 bits per heavy atom. The molecule has 8 heteroatoms. The lowest BCUT2D eigenvalue weighted by molar-refractivity contribution is 0.343.